The van der Waals surface area contributed by atoms with Gasteiger partial charge in [-0.1, -0.05) is 26.0 Å². The Morgan fingerprint density at radius 3 is 2.78 bits per heavy atom. The Morgan fingerprint density at radius 2 is 2.04 bits per heavy atom. The van der Waals surface area contributed by atoms with Gasteiger partial charge in [0.25, 0.3) is 0 Å². The summed E-state index contributed by atoms with van der Waals surface area (Å²) >= 11 is 0. The third-order valence-corrected chi connectivity index (χ3v) is 4.59. The number of amides is 3. The molecule has 3 rings (SSSR count). The number of benzene rings is 1. The molecule has 8 heteroatoms. The van der Waals surface area contributed by atoms with Crippen LogP contribution in [0, 0.1) is 5.92 Å². The number of ether oxygens (including phenoxy) is 1. The molecule has 8 nitrogen and oxygen atoms in total. The van der Waals surface area contributed by atoms with Gasteiger partial charge in [-0.15, -0.1) is 0 Å². The van der Waals surface area contributed by atoms with Gasteiger partial charge in [0.2, 0.25) is 11.9 Å². The average Bonchev–Trinajstić information content (AvgIpc) is 3.19. The topological polar surface area (TPSA) is 88.5 Å². The number of anilines is 1. The van der Waals surface area contributed by atoms with Gasteiger partial charge in [-0.2, -0.15) is 0 Å². The number of carbonyl (C=O) groups excluding carboxylic acids is 2. The number of hydrogen-bond donors (Lipinski definition) is 2. The summed E-state index contributed by atoms with van der Waals surface area (Å²) < 4.78 is 6.99. The predicted molar refractivity (Wildman–Crippen MR) is 104 cm³/mol. The van der Waals surface area contributed by atoms with Crippen molar-refractivity contribution >= 4 is 28.9 Å². The minimum Gasteiger partial charge on any atom is -0.383 e. The van der Waals surface area contributed by atoms with Crippen molar-refractivity contribution in [3.05, 3.63) is 24.3 Å². The fourth-order valence-corrected chi connectivity index (χ4v) is 3.31. The summed E-state index contributed by atoms with van der Waals surface area (Å²) in [5.74, 6) is 0.699. The van der Waals surface area contributed by atoms with Crippen LogP contribution in [0.15, 0.2) is 24.3 Å². The number of nitrogens with zero attached hydrogens (tertiary/aromatic N) is 3. The molecule has 0 saturated carbocycles. The molecule has 0 aliphatic carbocycles. The van der Waals surface area contributed by atoms with E-state index in [9.17, 15) is 9.59 Å². The molecule has 0 spiro atoms. The quantitative estimate of drug-likeness (QED) is 0.724. The second-order valence-electron chi connectivity index (χ2n) is 7.12. The molecule has 0 fully saturated rings. The van der Waals surface area contributed by atoms with E-state index in [0.29, 0.717) is 38.6 Å². The molecule has 1 aromatic carbocycles. The summed E-state index contributed by atoms with van der Waals surface area (Å²) in [6.07, 6.45) is 0.564. The van der Waals surface area contributed by atoms with Crippen molar-refractivity contribution in [1.82, 2.24) is 20.2 Å². The van der Waals surface area contributed by atoms with E-state index in [1.807, 2.05) is 42.7 Å². The van der Waals surface area contributed by atoms with Crippen molar-refractivity contribution in [3.8, 4) is 0 Å². The number of para-hydroxylation sites is 2. The summed E-state index contributed by atoms with van der Waals surface area (Å²) in [6, 6.07) is 6.94. The van der Waals surface area contributed by atoms with Crippen LogP contribution in [0.25, 0.3) is 11.0 Å². The van der Waals surface area contributed by atoms with Crippen LogP contribution in [0.4, 0.5) is 10.7 Å². The number of urea groups is 1. The molecule has 1 aliphatic heterocycles. The van der Waals surface area contributed by atoms with Crippen LogP contribution in [0.1, 0.15) is 20.3 Å². The molecule has 2 heterocycles. The first-order valence-corrected chi connectivity index (χ1v) is 9.31. The Labute approximate surface area is 158 Å². The third kappa shape index (κ3) is 4.21. The average molecular weight is 373 g/mol. The molecule has 1 aliphatic rings. The first-order chi connectivity index (χ1) is 13.0. The van der Waals surface area contributed by atoms with Gasteiger partial charge in [0.15, 0.2) is 0 Å². The zero-order chi connectivity index (χ0) is 19.4. The number of nitrogens with one attached hydrogen (secondary N) is 2. The van der Waals surface area contributed by atoms with Gasteiger partial charge in [0, 0.05) is 26.7 Å². The van der Waals surface area contributed by atoms with E-state index in [-0.39, 0.29) is 17.9 Å². The minimum atomic E-state index is -0.590. The number of aromatic nitrogens is 2. The lowest BCUT2D eigenvalue weighted by Gasteiger charge is -2.23. The lowest BCUT2D eigenvalue weighted by molar-refractivity contribution is -0.123. The number of methoxy groups -OCH3 is 1. The smallest absolute Gasteiger partial charge is 0.324 e. The highest BCUT2D eigenvalue weighted by atomic mass is 16.5. The van der Waals surface area contributed by atoms with Crippen LogP contribution in [0.2, 0.25) is 0 Å². The number of imidazole rings is 1. The monoisotopic (exact) mass is 373 g/mol. The van der Waals surface area contributed by atoms with Crippen molar-refractivity contribution in [2.45, 2.75) is 32.9 Å². The van der Waals surface area contributed by atoms with E-state index in [1.54, 1.807) is 12.0 Å². The number of hydrogen-bond acceptors (Lipinski definition) is 4. The molecule has 1 atom stereocenters. The van der Waals surface area contributed by atoms with Crippen LogP contribution < -0.4 is 15.5 Å². The largest absolute Gasteiger partial charge is 0.383 e. The summed E-state index contributed by atoms with van der Waals surface area (Å²) in [4.78, 5) is 31.5. The predicted octanol–water partition coefficient (Wildman–Crippen LogP) is 1.74. The maximum Gasteiger partial charge on any atom is 0.324 e. The van der Waals surface area contributed by atoms with Gasteiger partial charge < -0.3 is 19.9 Å². The van der Waals surface area contributed by atoms with Crippen LogP contribution in [-0.4, -0.2) is 54.3 Å². The van der Waals surface area contributed by atoms with Crippen LogP contribution in [0.3, 0.4) is 0 Å². The fourth-order valence-electron chi connectivity index (χ4n) is 3.31. The highest BCUT2D eigenvalue weighted by Gasteiger charge is 2.31. The van der Waals surface area contributed by atoms with Crippen LogP contribution >= 0.6 is 0 Å². The summed E-state index contributed by atoms with van der Waals surface area (Å²) in [6.45, 7) is 6.13. The number of fused-ring (bicyclic) bond motifs is 3. The van der Waals surface area contributed by atoms with Gasteiger partial charge in [0.1, 0.15) is 6.04 Å². The van der Waals surface area contributed by atoms with Crippen LogP contribution in [-0.2, 0) is 16.1 Å². The second-order valence-corrected chi connectivity index (χ2v) is 7.12. The Hall–Kier alpha value is -2.61. The van der Waals surface area contributed by atoms with E-state index in [4.69, 9.17) is 4.74 Å². The second kappa shape index (κ2) is 8.39. The van der Waals surface area contributed by atoms with Crippen LogP contribution in [0.5, 0.6) is 0 Å². The maximum atomic E-state index is 12.9. The van der Waals surface area contributed by atoms with E-state index >= 15 is 0 Å². The molecule has 27 heavy (non-hydrogen) atoms. The molecule has 1 unspecified atom stereocenters. The summed E-state index contributed by atoms with van der Waals surface area (Å²) in [7, 11) is 1.58. The Kier molecular flexibility index (Phi) is 5.95. The molecule has 146 valence electrons. The number of carbonyl (C=O) groups is 2. The van der Waals surface area contributed by atoms with Crippen molar-refractivity contribution < 1.29 is 14.3 Å². The van der Waals surface area contributed by atoms with E-state index in [0.717, 1.165) is 11.0 Å². The fraction of sp³-hybridized carbons (Fsp3) is 0.526. The molecular weight excluding hydrogens is 346 g/mol. The molecule has 0 saturated heterocycles. The Bertz CT molecular complexity index is 817. The zero-order valence-electron chi connectivity index (χ0n) is 16.1. The lowest BCUT2D eigenvalue weighted by atomic mass is 10.0. The van der Waals surface area contributed by atoms with Gasteiger partial charge in [-0.25, -0.2) is 9.78 Å². The first kappa shape index (κ1) is 19.2. The third-order valence-electron chi connectivity index (χ3n) is 4.59. The SMILES string of the molecule is COCCNC(=O)C(CC(C)C)NC(=O)N1CCn2c1nc1ccccc12. The van der Waals surface area contributed by atoms with Crippen molar-refractivity contribution in [2.75, 3.05) is 31.7 Å². The van der Waals surface area contributed by atoms with E-state index < -0.39 is 6.04 Å². The van der Waals surface area contributed by atoms with Crippen molar-refractivity contribution in [3.63, 3.8) is 0 Å². The van der Waals surface area contributed by atoms with Gasteiger partial charge in [0.05, 0.1) is 17.6 Å². The summed E-state index contributed by atoms with van der Waals surface area (Å²) in [5, 5.41) is 5.69. The van der Waals surface area contributed by atoms with Crippen molar-refractivity contribution in [1.29, 1.82) is 0 Å². The molecule has 2 aromatic rings. The maximum absolute atomic E-state index is 12.9. The van der Waals surface area contributed by atoms with E-state index in [1.165, 1.54) is 0 Å². The van der Waals surface area contributed by atoms with Crippen molar-refractivity contribution in [2.24, 2.45) is 5.92 Å². The molecule has 0 radical (unpaired) electrons. The standard InChI is InChI=1S/C19H27N5O3/c1-13(2)12-15(17(25)20-8-11-27-3)22-19(26)24-10-9-23-16-7-5-4-6-14(16)21-18(23)24/h4-7,13,15H,8-12H2,1-3H3,(H,20,25)(H,22,26). The normalized spacial score (nSPS) is 14.4. The number of rotatable bonds is 7. The highest BCUT2D eigenvalue weighted by Crippen LogP contribution is 2.27. The highest BCUT2D eigenvalue weighted by molar-refractivity contribution is 5.96. The molecule has 1 aromatic heterocycles. The molecule has 3 amide bonds. The molecule has 2 N–H and O–H groups in total. The van der Waals surface area contributed by atoms with Gasteiger partial charge >= 0.3 is 6.03 Å². The van der Waals surface area contributed by atoms with Gasteiger partial charge in [-0.3, -0.25) is 9.69 Å². The Morgan fingerprint density at radius 1 is 1.26 bits per heavy atom. The molecule has 0 bridgehead atoms. The van der Waals surface area contributed by atoms with E-state index in [2.05, 4.69) is 15.6 Å². The minimum absolute atomic E-state index is 0.193. The summed E-state index contributed by atoms with van der Waals surface area (Å²) in [5.41, 5.74) is 1.87. The molecular formula is C19H27N5O3. The zero-order valence-corrected chi connectivity index (χ0v) is 16.1. The lowest BCUT2D eigenvalue weighted by Crippen LogP contribution is -2.52. The first-order valence-electron chi connectivity index (χ1n) is 9.31. The van der Waals surface area contributed by atoms with Gasteiger partial charge in [-0.05, 0) is 24.5 Å². The Balaban J connectivity index is 1.72.